The number of nitrogens with one attached hydrogen (secondary N) is 1. The number of hydrogen-bond acceptors (Lipinski definition) is 4. The molecule has 4 heteroatoms. The van der Waals surface area contributed by atoms with Crippen LogP contribution in [0.4, 0.5) is 0 Å². The summed E-state index contributed by atoms with van der Waals surface area (Å²) >= 11 is 0. The van der Waals surface area contributed by atoms with Gasteiger partial charge in [-0.3, -0.25) is 4.90 Å². The van der Waals surface area contributed by atoms with Crippen LogP contribution < -0.4 is 5.32 Å². The van der Waals surface area contributed by atoms with Gasteiger partial charge in [0.2, 0.25) is 0 Å². The molecule has 18 heavy (non-hydrogen) atoms. The van der Waals surface area contributed by atoms with E-state index >= 15 is 0 Å². The summed E-state index contributed by atoms with van der Waals surface area (Å²) in [7, 11) is 0. The third-order valence-electron chi connectivity index (χ3n) is 3.53. The molecule has 1 saturated heterocycles. The summed E-state index contributed by atoms with van der Waals surface area (Å²) in [6, 6.07) is 0. The maximum absolute atomic E-state index is 5.45. The number of ether oxygens (including phenoxy) is 2. The summed E-state index contributed by atoms with van der Waals surface area (Å²) in [4.78, 5) is 2.48. The maximum Gasteiger partial charge on any atom is 0.0593 e. The molecule has 1 atom stereocenters. The molecular weight excluding hydrogens is 228 g/mol. The van der Waals surface area contributed by atoms with E-state index in [1.165, 1.54) is 32.5 Å². The van der Waals surface area contributed by atoms with Crippen molar-refractivity contribution < 1.29 is 9.47 Å². The van der Waals surface area contributed by atoms with Gasteiger partial charge in [-0.1, -0.05) is 0 Å². The van der Waals surface area contributed by atoms with Crippen LogP contribution in [0.5, 0.6) is 0 Å². The zero-order valence-electron chi connectivity index (χ0n) is 12.1. The lowest BCUT2D eigenvalue weighted by Crippen LogP contribution is -2.33. The van der Waals surface area contributed by atoms with Gasteiger partial charge in [0.1, 0.15) is 0 Å². The van der Waals surface area contributed by atoms with Crippen molar-refractivity contribution in [3.05, 3.63) is 0 Å². The zero-order chi connectivity index (χ0) is 13.1. The third kappa shape index (κ3) is 7.31. The van der Waals surface area contributed by atoms with Crippen molar-refractivity contribution in [1.29, 1.82) is 0 Å². The molecule has 0 aliphatic carbocycles. The predicted octanol–water partition coefficient (Wildman–Crippen LogP) is 1.36. The van der Waals surface area contributed by atoms with Gasteiger partial charge in [0.25, 0.3) is 0 Å². The third-order valence-corrected chi connectivity index (χ3v) is 3.53. The van der Waals surface area contributed by atoms with Crippen LogP contribution in [0.15, 0.2) is 0 Å². The van der Waals surface area contributed by atoms with Gasteiger partial charge in [-0.15, -0.1) is 0 Å². The van der Waals surface area contributed by atoms with Gasteiger partial charge in [-0.25, -0.2) is 0 Å². The van der Waals surface area contributed by atoms with Gasteiger partial charge in [0.15, 0.2) is 0 Å². The van der Waals surface area contributed by atoms with Crippen LogP contribution in [0, 0.1) is 5.92 Å². The van der Waals surface area contributed by atoms with Crippen LogP contribution in [0.3, 0.4) is 0 Å². The highest BCUT2D eigenvalue weighted by molar-refractivity contribution is 4.72. The SMILES string of the molecule is CCOCCN(CCOCC)CCC1CCNC1. The molecule has 1 heterocycles. The minimum atomic E-state index is 0.811. The van der Waals surface area contributed by atoms with E-state index in [1.54, 1.807) is 0 Å². The highest BCUT2D eigenvalue weighted by Crippen LogP contribution is 2.12. The van der Waals surface area contributed by atoms with E-state index in [-0.39, 0.29) is 0 Å². The second kappa shape index (κ2) is 10.7. The lowest BCUT2D eigenvalue weighted by atomic mass is 10.0. The molecule has 0 saturated carbocycles. The molecule has 1 rings (SSSR count). The van der Waals surface area contributed by atoms with Crippen molar-refractivity contribution >= 4 is 0 Å². The fraction of sp³-hybridized carbons (Fsp3) is 1.00. The Morgan fingerprint density at radius 3 is 2.22 bits per heavy atom. The second-order valence-corrected chi connectivity index (χ2v) is 4.88. The van der Waals surface area contributed by atoms with Gasteiger partial charge in [0, 0.05) is 26.3 Å². The molecule has 0 aromatic heterocycles. The molecule has 1 unspecified atom stereocenters. The van der Waals surface area contributed by atoms with Crippen LogP contribution in [0.25, 0.3) is 0 Å². The average Bonchev–Trinajstić information content (AvgIpc) is 2.89. The Morgan fingerprint density at radius 2 is 1.72 bits per heavy atom. The minimum Gasteiger partial charge on any atom is -0.380 e. The summed E-state index contributed by atoms with van der Waals surface area (Å²) in [5.74, 6) is 0.867. The summed E-state index contributed by atoms with van der Waals surface area (Å²) in [6.45, 7) is 13.0. The lowest BCUT2D eigenvalue weighted by molar-refractivity contribution is 0.0805. The van der Waals surface area contributed by atoms with Crippen LogP contribution in [-0.2, 0) is 9.47 Å². The predicted molar refractivity (Wildman–Crippen MR) is 75.0 cm³/mol. The molecule has 1 fully saturated rings. The topological polar surface area (TPSA) is 33.7 Å². The molecule has 0 amide bonds. The molecule has 0 aromatic carbocycles. The molecule has 4 nitrogen and oxygen atoms in total. The fourth-order valence-electron chi connectivity index (χ4n) is 2.34. The van der Waals surface area contributed by atoms with Crippen molar-refractivity contribution in [3.63, 3.8) is 0 Å². The molecule has 1 aliphatic heterocycles. The molecular formula is C14H30N2O2. The highest BCUT2D eigenvalue weighted by atomic mass is 16.5. The van der Waals surface area contributed by atoms with Crippen LogP contribution >= 0.6 is 0 Å². The number of rotatable bonds is 11. The second-order valence-electron chi connectivity index (χ2n) is 4.88. The van der Waals surface area contributed by atoms with E-state index in [9.17, 15) is 0 Å². The average molecular weight is 258 g/mol. The van der Waals surface area contributed by atoms with Crippen LogP contribution in [0.1, 0.15) is 26.7 Å². The molecule has 1 aliphatic rings. The molecule has 1 N–H and O–H groups in total. The summed E-state index contributed by atoms with van der Waals surface area (Å²) in [6.07, 6.45) is 2.63. The van der Waals surface area contributed by atoms with E-state index in [0.29, 0.717) is 0 Å². The first-order valence-corrected chi connectivity index (χ1v) is 7.45. The van der Waals surface area contributed by atoms with Gasteiger partial charge in [-0.05, 0) is 52.2 Å². The highest BCUT2D eigenvalue weighted by Gasteiger charge is 2.15. The molecule has 108 valence electrons. The van der Waals surface area contributed by atoms with Crippen LogP contribution in [0.2, 0.25) is 0 Å². The summed E-state index contributed by atoms with van der Waals surface area (Å²) < 4.78 is 10.9. The van der Waals surface area contributed by atoms with Crippen molar-refractivity contribution in [2.24, 2.45) is 5.92 Å². The molecule has 0 bridgehead atoms. The first kappa shape index (κ1) is 15.9. The Kier molecular flexibility index (Phi) is 9.48. The Labute approximate surface area is 112 Å². The van der Waals surface area contributed by atoms with E-state index < -0.39 is 0 Å². The normalized spacial score (nSPS) is 19.8. The number of nitrogens with zero attached hydrogens (tertiary/aromatic N) is 1. The molecule has 0 radical (unpaired) electrons. The van der Waals surface area contributed by atoms with E-state index in [2.05, 4.69) is 24.1 Å². The van der Waals surface area contributed by atoms with Crippen molar-refractivity contribution in [2.45, 2.75) is 26.7 Å². The standard InChI is InChI=1S/C14H30N2O2/c1-3-17-11-9-16(10-12-18-4-2)8-6-14-5-7-15-13-14/h14-15H,3-13H2,1-2H3. The largest absolute Gasteiger partial charge is 0.380 e. The van der Waals surface area contributed by atoms with Crippen molar-refractivity contribution in [3.8, 4) is 0 Å². The van der Waals surface area contributed by atoms with E-state index in [1.807, 2.05) is 0 Å². The lowest BCUT2D eigenvalue weighted by Gasteiger charge is -2.23. The Bertz CT molecular complexity index is 175. The maximum atomic E-state index is 5.45. The van der Waals surface area contributed by atoms with Crippen LogP contribution in [-0.4, -0.2) is 64.1 Å². The van der Waals surface area contributed by atoms with Crippen molar-refractivity contribution in [2.75, 3.05) is 59.2 Å². The first-order valence-electron chi connectivity index (χ1n) is 7.45. The zero-order valence-corrected chi connectivity index (χ0v) is 12.1. The first-order chi connectivity index (χ1) is 8.86. The van der Waals surface area contributed by atoms with Gasteiger partial charge in [-0.2, -0.15) is 0 Å². The van der Waals surface area contributed by atoms with Gasteiger partial charge < -0.3 is 14.8 Å². The van der Waals surface area contributed by atoms with Crippen molar-refractivity contribution in [1.82, 2.24) is 10.2 Å². The molecule has 0 spiro atoms. The molecule has 0 aromatic rings. The van der Waals surface area contributed by atoms with E-state index in [0.717, 1.165) is 45.4 Å². The Morgan fingerprint density at radius 1 is 1.06 bits per heavy atom. The summed E-state index contributed by atoms with van der Waals surface area (Å²) in [5.41, 5.74) is 0. The van der Waals surface area contributed by atoms with Gasteiger partial charge in [0.05, 0.1) is 13.2 Å². The minimum absolute atomic E-state index is 0.811. The number of hydrogen-bond donors (Lipinski definition) is 1. The summed E-state index contributed by atoms with van der Waals surface area (Å²) in [5, 5.41) is 3.43. The van der Waals surface area contributed by atoms with Gasteiger partial charge >= 0.3 is 0 Å². The fourth-order valence-corrected chi connectivity index (χ4v) is 2.34. The Hall–Kier alpha value is -0.160. The van der Waals surface area contributed by atoms with E-state index in [4.69, 9.17) is 9.47 Å². The Balaban J connectivity index is 2.14. The monoisotopic (exact) mass is 258 g/mol. The quantitative estimate of drug-likeness (QED) is 0.567. The smallest absolute Gasteiger partial charge is 0.0593 e.